The van der Waals surface area contributed by atoms with Crippen LogP contribution in [0.2, 0.25) is 0 Å². The van der Waals surface area contributed by atoms with Crippen LogP contribution in [0, 0.1) is 0 Å². The molecule has 1 aliphatic rings. The van der Waals surface area contributed by atoms with Gasteiger partial charge in [0.2, 0.25) is 6.10 Å². The second-order valence-electron chi connectivity index (χ2n) is 6.29. The first-order valence-corrected chi connectivity index (χ1v) is 8.73. The van der Waals surface area contributed by atoms with Crippen LogP contribution >= 0.6 is 0 Å². The van der Waals surface area contributed by atoms with Crippen molar-refractivity contribution in [2.24, 2.45) is 0 Å². The van der Waals surface area contributed by atoms with Crippen LogP contribution in [-0.2, 0) is 4.79 Å². The number of rotatable bonds is 3. The van der Waals surface area contributed by atoms with Gasteiger partial charge in [-0.25, -0.2) is 0 Å². The van der Waals surface area contributed by atoms with Crippen molar-refractivity contribution in [3.8, 4) is 22.8 Å². The molecule has 1 unspecified atom stereocenters. The van der Waals surface area contributed by atoms with Crippen LogP contribution in [-0.4, -0.2) is 38.4 Å². The summed E-state index contributed by atoms with van der Waals surface area (Å²) in [5.41, 5.74) is 2.92. The molecular weight excluding hydrogens is 358 g/mol. The fourth-order valence-electron chi connectivity index (χ4n) is 3.01. The Bertz CT molecular complexity index is 1170. The maximum Gasteiger partial charge on any atom is 0.269 e. The minimum Gasteiger partial charge on any atom is -0.485 e. The normalized spacial score (nSPS) is 15.4. The molecule has 0 spiro atoms. The SMILES string of the molecule is O=C(Nc1cccc(-c2ccc3nncn3n2)c1)C1COc2ccccc2O1. The number of carbonyl (C=O) groups excluding carboxylic acids is 1. The number of nitrogens with zero attached hydrogens (tertiary/aromatic N) is 4. The zero-order valence-corrected chi connectivity index (χ0v) is 14.6. The molecule has 28 heavy (non-hydrogen) atoms. The van der Waals surface area contributed by atoms with Gasteiger partial charge in [0.05, 0.1) is 5.69 Å². The van der Waals surface area contributed by atoms with Gasteiger partial charge in [0.15, 0.2) is 17.1 Å². The van der Waals surface area contributed by atoms with E-state index in [-0.39, 0.29) is 12.5 Å². The van der Waals surface area contributed by atoms with E-state index in [1.54, 1.807) is 16.9 Å². The molecule has 8 heteroatoms. The van der Waals surface area contributed by atoms with E-state index in [1.165, 1.54) is 0 Å². The molecule has 0 aliphatic carbocycles. The first-order chi connectivity index (χ1) is 13.8. The maximum atomic E-state index is 12.6. The molecule has 8 nitrogen and oxygen atoms in total. The van der Waals surface area contributed by atoms with E-state index < -0.39 is 6.10 Å². The number of benzene rings is 2. The number of nitrogens with one attached hydrogen (secondary N) is 1. The van der Waals surface area contributed by atoms with Gasteiger partial charge in [0.1, 0.15) is 12.9 Å². The van der Waals surface area contributed by atoms with Gasteiger partial charge < -0.3 is 14.8 Å². The van der Waals surface area contributed by atoms with Crippen molar-refractivity contribution in [1.82, 2.24) is 19.8 Å². The van der Waals surface area contributed by atoms with Crippen molar-refractivity contribution >= 4 is 17.2 Å². The summed E-state index contributed by atoms with van der Waals surface area (Å²) in [6.45, 7) is 0.161. The van der Waals surface area contributed by atoms with Crippen LogP contribution in [0.25, 0.3) is 16.9 Å². The van der Waals surface area contributed by atoms with Crippen molar-refractivity contribution in [1.29, 1.82) is 0 Å². The number of fused-ring (bicyclic) bond motifs is 2. The third-order valence-corrected chi connectivity index (χ3v) is 4.39. The Balaban J connectivity index is 1.34. The number of aromatic nitrogens is 4. The molecule has 5 rings (SSSR count). The molecule has 2 aromatic carbocycles. The van der Waals surface area contributed by atoms with Gasteiger partial charge in [0, 0.05) is 11.3 Å². The second kappa shape index (κ2) is 6.66. The van der Waals surface area contributed by atoms with Crippen LogP contribution in [0.1, 0.15) is 0 Å². The van der Waals surface area contributed by atoms with Gasteiger partial charge in [0.25, 0.3) is 5.91 Å². The lowest BCUT2D eigenvalue weighted by molar-refractivity contribution is -0.125. The molecule has 3 heterocycles. The standard InChI is InChI=1S/C20H15N5O3/c26-20(18-11-27-16-6-1-2-7-17(16)28-18)22-14-5-3-4-13(10-14)15-8-9-19-23-21-12-25(19)24-15/h1-10,12,18H,11H2,(H,22,26). The van der Waals surface area contributed by atoms with E-state index >= 15 is 0 Å². The van der Waals surface area contributed by atoms with Crippen LogP contribution in [0.4, 0.5) is 5.69 Å². The molecule has 0 bridgehead atoms. The molecule has 4 aromatic rings. The predicted octanol–water partition coefficient (Wildman–Crippen LogP) is 2.57. The molecule has 0 radical (unpaired) electrons. The number of hydrogen-bond donors (Lipinski definition) is 1. The maximum absolute atomic E-state index is 12.6. The second-order valence-corrected chi connectivity index (χ2v) is 6.29. The number of amides is 1. The Kier molecular flexibility index (Phi) is 3.86. The van der Waals surface area contributed by atoms with Crippen molar-refractivity contribution < 1.29 is 14.3 Å². The third kappa shape index (κ3) is 3.01. The minimum atomic E-state index is -0.718. The third-order valence-electron chi connectivity index (χ3n) is 4.39. The molecule has 0 fully saturated rings. The number of carbonyl (C=O) groups is 1. The van der Waals surface area contributed by atoms with Crippen LogP contribution in [0.5, 0.6) is 11.5 Å². The lowest BCUT2D eigenvalue weighted by atomic mass is 10.1. The van der Waals surface area contributed by atoms with Crippen LogP contribution in [0.3, 0.4) is 0 Å². The van der Waals surface area contributed by atoms with Gasteiger partial charge >= 0.3 is 0 Å². The average Bonchev–Trinajstić information content (AvgIpc) is 3.21. The molecule has 1 atom stereocenters. The Labute approximate surface area is 159 Å². The summed E-state index contributed by atoms with van der Waals surface area (Å²) in [5, 5.41) is 15.1. The number of hydrogen-bond acceptors (Lipinski definition) is 6. The van der Waals surface area contributed by atoms with E-state index in [2.05, 4.69) is 20.6 Å². The molecule has 138 valence electrons. The Morgan fingerprint density at radius 1 is 1.07 bits per heavy atom. The number of ether oxygens (including phenoxy) is 2. The Hall–Kier alpha value is -3.94. The van der Waals surface area contributed by atoms with Crippen molar-refractivity contribution in [2.75, 3.05) is 11.9 Å². The summed E-state index contributed by atoms with van der Waals surface area (Å²) < 4.78 is 13.0. The number of anilines is 1. The monoisotopic (exact) mass is 373 g/mol. The lowest BCUT2D eigenvalue weighted by Crippen LogP contribution is -2.40. The van der Waals surface area contributed by atoms with Gasteiger partial charge in [-0.3, -0.25) is 4.79 Å². The molecule has 0 saturated carbocycles. The van der Waals surface area contributed by atoms with Crippen molar-refractivity contribution in [3.63, 3.8) is 0 Å². The summed E-state index contributed by atoms with van der Waals surface area (Å²) in [7, 11) is 0. The van der Waals surface area contributed by atoms with Crippen molar-refractivity contribution in [3.05, 3.63) is 67.0 Å². The molecular formula is C20H15N5O3. The zero-order valence-electron chi connectivity index (χ0n) is 14.6. The fraction of sp³-hybridized carbons (Fsp3) is 0.100. The van der Waals surface area contributed by atoms with E-state index in [1.807, 2.05) is 54.6 Å². The Morgan fingerprint density at radius 3 is 2.89 bits per heavy atom. The highest BCUT2D eigenvalue weighted by atomic mass is 16.6. The first-order valence-electron chi connectivity index (χ1n) is 8.73. The summed E-state index contributed by atoms with van der Waals surface area (Å²) in [5.74, 6) is 0.937. The van der Waals surface area contributed by atoms with E-state index in [4.69, 9.17) is 9.47 Å². The summed E-state index contributed by atoms with van der Waals surface area (Å²) >= 11 is 0. The fourth-order valence-corrected chi connectivity index (χ4v) is 3.01. The number of para-hydroxylation sites is 2. The first kappa shape index (κ1) is 16.2. The molecule has 2 aromatic heterocycles. The minimum absolute atomic E-state index is 0.161. The highest BCUT2D eigenvalue weighted by Crippen LogP contribution is 2.31. The van der Waals surface area contributed by atoms with Gasteiger partial charge in [-0.15, -0.1) is 10.2 Å². The molecule has 1 N–H and O–H groups in total. The van der Waals surface area contributed by atoms with Gasteiger partial charge in [-0.1, -0.05) is 24.3 Å². The topological polar surface area (TPSA) is 90.6 Å². The Morgan fingerprint density at radius 2 is 1.96 bits per heavy atom. The quantitative estimate of drug-likeness (QED) is 0.594. The summed E-state index contributed by atoms with van der Waals surface area (Å²) in [6, 6.07) is 18.4. The molecule has 1 aliphatic heterocycles. The lowest BCUT2D eigenvalue weighted by Gasteiger charge is -2.25. The average molecular weight is 373 g/mol. The van der Waals surface area contributed by atoms with E-state index in [0.717, 1.165) is 11.3 Å². The van der Waals surface area contributed by atoms with Gasteiger partial charge in [-0.05, 0) is 36.4 Å². The van der Waals surface area contributed by atoms with Gasteiger partial charge in [-0.2, -0.15) is 9.61 Å². The summed E-state index contributed by atoms with van der Waals surface area (Å²) in [6.07, 6.45) is 0.827. The van der Waals surface area contributed by atoms with Crippen LogP contribution < -0.4 is 14.8 Å². The summed E-state index contributed by atoms with van der Waals surface area (Å²) in [4.78, 5) is 12.6. The highest BCUT2D eigenvalue weighted by Gasteiger charge is 2.27. The highest BCUT2D eigenvalue weighted by molar-refractivity contribution is 5.95. The largest absolute Gasteiger partial charge is 0.485 e. The van der Waals surface area contributed by atoms with E-state index in [9.17, 15) is 4.79 Å². The molecule has 1 amide bonds. The van der Waals surface area contributed by atoms with Crippen molar-refractivity contribution in [2.45, 2.75) is 6.10 Å². The molecule has 0 saturated heterocycles. The van der Waals surface area contributed by atoms with E-state index in [0.29, 0.717) is 22.8 Å². The smallest absolute Gasteiger partial charge is 0.269 e. The zero-order chi connectivity index (χ0) is 18.9. The predicted molar refractivity (Wildman–Crippen MR) is 101 cm³/mol. The van der Waals surface area contributed by atoms with Crippen LogP contribution in [0.15, 0.2) is 67.0 Å².